The maximum atomic E-state index is 13.0. The molecule has 0 aliphatic rings. The third-order valence-corrected chi connectivity index (χ3v) is 3.70. The molecule has 0 aliphatic heterocycles. The molecule has 0 unspecified atom stereocenters. The van der Waals surface area contributed by atoms with E-state index in [2.05, 4.69) is 12.2 Å². The highest BCUT2D eigenvalue weighted by atomic mass is 127. The number of halogens is 2. The fourth-order valence-corrected chi connectivity index (χ4v) is 2.29. The number of aryl methyl sites for hydroxylation is 1. The first-order valence-electron chi connectivity index (χ1n) is 5.95. The van der Waals surface area contributed by atoms with Gasteiger partial charge in [-0.05, 0) is 64.9 Å². The molecule has 2 nitrogen and oxygen atoms in total. The van der Waals surface area contributed by atoms with Gasteiger partial charge in [-0.15, -0.1) is 0 Å². The number of carbonyl (C=O) groups is 1. The predicted molar refractivity (Wildman–Crippen MR) is 82.9 cm³/mol. The molecule has 0 saturated carbocycles. The van der Waals surface area contributed by atoms with Crippen molar-refractivity contribution >= 4 is 34.2 Å². The molecule has 19 heavy (non-hydrogen) atoms. The zero-order valence-electron chi connectivity index (χ0n) is 10.4. The molecule has 1 amide bonds. The van der Waals surface area contributed by atoms with Gasteiger partial charge in [-0.25, -0.2) is 4.39 Å². The predicted octanol–water partition coefficient (Wildman–Crippen LogP) is 4.25. The Morgan fingerprint density at radius 3 is 2.47 bits per heavy atom. The van der Waals surface area contributed by atoms with Crippen LogP contribution in [0.4, 0.5) is 10.1 Å². The average molecular weight is 369 g/mol. The van der Waals surface area contributed by atoms with Crippen LogP contribution in [0, 0.1) is 9.39 Å². The minimum Gasteiger partial charge on any atom is -0.321 e. The van der Waals surface area contributed by atoms with Gasteiger partial charge in [0.05, 0.1) is 5.69 Å². The van der Waals surface area contributed by atoms with Gasteiger partial charge in [0.25, 0.3) is 5.91 Å². The zero-order valence-corrected chi connectivity index (χ0v) is 12.6. The fourth-order valence-electron chi connectivity index (χ4n) is 1.68. The number of anilines is 1. The SMILES string of the molecule is CCc1ccc(C(=O)Nc2ccc(F)cc2I)cc1. The number of hydrogen-bond acceptors (Lipinski definition) is 1. The van der Waals surface area contributed by atoms with E-state index in [9.17, 15) is 9.18 Å². The summed E-state index contributed by atoms with van der Waals surface area (Å²) in [4.78, 5) is 12.0. The molecule has 0 heterocycles. The van der Waals surface area contributed by atoms with E-state index in [0.717, 1.165) is 6.42 Å². The highest BCUT2D eigenvalue weighted by molar-refractivity contribution is 14.1. The van der Waals surface area contributed by atoms with Crippen LogP contribution in [0.25, 0.3) is 0 Å². The monoisotopic (exact) mass is 369 g/mol. The Morgan fingerprint density at radius 2 is 1.89 bits per heavy atom. The van der Waals surface area contributed by atoms with Crippen molar-refractivity contribution in [2.24, 2.45) is 0 Å². The van der Waals surface area contributed by atoms with Gasteiger partial charge < -0.3 is 5.32 Å². The standard InChI is InChI=1S/C15H13FINO/c1-2-10-3-5-11(6-4-10)15(19)18-14-8-7-12(16)9-13(14)17/h3-9H,2H2,1H3,(H,18,19). The van der Waals surface area contributed by atoms with Crippen LogP contribution in [0.1, 0.15) is 22.8 Å². The Labute approximate surface area is 125 Å². The summed E-state index contributed by atoms with van der Waals surface area (Å²) in [5.74, 6) is -0.498. The van der Waals surface area contributed by atoms with Crippen LogP contribution >= 0.6 is 22.6 Å². The molecule has 0 saturated heterocycles. The molecule has 2 aromatic carbocycles. The van der Waals surface area contributed by atoms with Gasteiger partial charge in [-0.3, -0.25) is 4.79 Å². The summed E-state index contributed by atoms with van der Waals surface area (Å²) in [6.07, 6.45) is 0.942. The summed E-state index contributed by atoms with van der Waals surface area (Å²) in [5, 5.41) is 2.78. The Hall–Kier alpha value is -1.43. The number of nitrogens with one attached hydrogen (secondary N) is 1. The summed E-state index contributed by atoms with van der Waals surface area (Å²) < 4.78 is 13.7. The topological polar surface area (TPSA) is 29.1 Å². The van der Waals surface area contributed by atoms with Crippen LogP contribution in [0.2, 0.25) is 0 Å². The van der Waals surface area contributed by atoms with E-state index in [-0.39, 0.29) is 11.7 Å². The Kier molecular flexibility index (Phi) is 4.52. The van der Waals surface area contributed by atoms with E-state index in [0.29, 0.717) is 14.8 Å². The molecule has 4 heteroatoms. The van der Waals surface area contributed by atoms with Crippen molar-refractivity contribution in [1.82, 2.24) is 0 Å². The number of carbonyl (C=O) groups excluding carboxylic acids is 1. The maximum absolute atomic E-state index is 13.0. The maximum Gasteiger partial charge on any atom is 0.255 e. The van der Waals surface area contributed by atoms with Crippen molar-refractivity contribution in [2.45, 2.75) is 13.3 Å². The van der Waals surface area contributed by atoms with E-state index < -0.39 is 0 Å². The highest BCUT2D eigenvalue weighted by Gasteiger charge is 2.08. The van der Waals surface area contributed by atoms with E-state index in [4.69, 9.17) is 0 Å². The highest BCUT2D eigenvalue weighted by Crippen LogP contribution is 2.20. The molecule has 0 atom stereocenters. The third kappa shape index (κ3) is 3.53. The second-order valence-electron chi connectivity index (χ2n) is 4.13. The first kappa shape index (κ1) is 14.0. The van der Waals surface area contributed by atoms with Crippen molar-refractivity contribution < 1.29 is 9.18 Å². The largest absolute Gasteiger partial charge is 0.321 e. The summed E-state index contributed by atoms with van der Waals surface area (Å²) in [5.41, 5.74) is 2.40. The first-order chi connectivity index (χ1) is 9.10. The molecule has 0 aliphatic carbocycles. The molecule has 0 radical (unpaired) electrons. The van der Waals surface area contributed by atoms with Gasteiger partial charge in [0.15, 0.2) is 0 Å². The third-order valence-electron chi connectivity index (χ3n) is 2.80. The van der Waals surface area contributed by atoms with E-state index in [1.54, 1.807) is 18.2 Å². The molecule has 2 aromatic rings. The van der Waals surface area contributed by atoms with Gasteiger partial charge in [0.1, 0.15) is 5.82 Å². The summed E-state index contributed by atoms with van der Waals surface area (Å²) in [6, 6.07) is 11.7. The summed E-state index contributed by atoms with van der Waals surface area (Å²) >= 11 is 2.00. The molecule has 2 rings (SSSR count). The smallest absolute Gasteiger partial charge is 0.255 e. The fraction of sp³-hybridized carbons (Fsp3) is 0.133. The molecule has 0 spiro atoms. The van der Waals surface area contributed by atoms with Crippen LogP contribution in [0.3, 0.4) is 0 Å². The normalized spacial score (nSPS) is 10.3. The van der Waals surface area contributed by atoms with Crippen LogP contribution in [0.5, 0.6) is 0 Å². The summed E-state index contributed by atoms with van der Waals surface area (Å²) in [6.45, 7) is 2.07. The molecule has 0 bridgehead atoms. The second kappa shape index (κ2) is 6.14. The van der Waals surface area contributed by atoms with Gasteiger partial charge >= 0.3 is 0 Å². The van der Waals surface area contributed by atoms with E-state index in [1.165, 1.54) is 17.7 Å². The lowest BCUT2D eigenvalue weighted by Gasteiger charge is -2.08. The van der Waals surface area contributed by atoms with Gasteiger partial charge in [0.2, 0.25) is 0 Å². The Balaban J connectivity index is 2.15. The van der Waals surface area contributed by atoms with E-state index >= 15 is 0 Å². The number of rotatable bonds is 3. The number of benzene rings is 2. The van der Waals surface area contributed by atoms with Crippen LogP contribution in [0.15, 0.2) is 42.5 Å². The van der Waals surface area contributed by atoms with Crippen LogP contribution in [-0.4, -0.2) is 5.91 Å². The van der Waals surface area contributed by atoms with Gasteiger partial charge in [0, 0.05) is 9.13 Å². The first-order valence-corrected chi connectivity index (χ1v) is 7.03. The lowest BCUT2D eigenvalue weighted by atomic mass is 10.1. The van der Waals surface area contributed by atoms with Crippen molar-refractivity contribution in [3.8, 4) is 0 Å². The summed E-state index contributed by atoms with van der Waals surface area (Å²) in [7, 11) is 0. The van der Waals surface area contributed by atoms with Gasteiger partial charge in [-0.1, -0.05) is 19.1 Å². The van der Waals surface area contributed by atoms with Crippen molar-refractivity contribution in [1.29, 1.82) is 0 Å². The quantitative estimate of drug-likeness (QED) is 0.806. The van der Waals surface area contributed by atoms with Crippen molar-refractivity contribution in [3.63, 3.8) is 0 Å². The van der Waals surface area contributed by atoms with Crippen LogP contribution < -0.4 is 5.32 Å². The number of hydrogen-bond donors (Lipinski definition) is 1. The zero-order chi connectivity index (χ0) is 13.8. The Morgan fingerprint density at radius 1 is 1.21 bits per heavy atom. The average Bonchev–Trinajstić information content (AvgIpc) is 2.42. The van der Waals surface area contributed by atoms with Crippen molar-refractivity contribution in [3.05, 3.63) is 63.0 Å². The molecular formula is C15H13FINO. The van der Waals surface area contributed by atoms with Gasteiger partial charge in [-0.2, -0.15) is 0 Å². The molecule has 1 N–H and O–H groups in total. The minimum atomic E-state index is -0.310. The minimum absolute atomic E-state index is 0.188. The number of amides is 1. The Bertz CT molecular complexity index is 596. The molecular weight excluding hydrogens is 356 g/mol. The molecule has 0 fully saturated rings. The van der Waals surface area contributed by atoms with Crippen LogP contribution in [-0.2, 0) is 6.42 Å². The lowest BCUT2D eigenvalue weighted by molar-refractivity contribution is 0.102. The molecule has 98 valence electrons. The molecule has 0 aromatic heterocycles. The second-order valence-corrected chi connectivity index (χ2v) is 5.29. The van der Waals surface area contributed by atoms with E-state index in [1.807, 2.05) is 34.7 Å². The van der Waals surface area contributed by atoms with Crippen molar-refractivity contribution in [2.75, 3.05) is 5.32 Å². The lowest BCUT2D eigenvalue weighted by Crippen LogP contribution is -2.12.